The maximum atomic E-state index is 11.6. The lowest BCUT2D eigenvalue weighted by Crippen LogP contribution is -2.31. The number of likely N-dealkylation sites (tertiary alicyclic amines) is 1. The molecule has 0 spiro atoms. The van der Waals surface area contributed by atoms with Gasteiger partial charge in [-0.2, -0.15) is 0 Å². The number of benzene rings is 1. The van der Waals surface area contributed by atoms with Crippen molar-refractivity contribution in [2.45, 2.75) is 25.4 Å². The molecule has 2 N–H and O–H groups in total. The smallest absolute Gasteiger partial charge is 0.224 e. The molecule has 0 aromatic heterocycles. The van der Waals surface area contributed by atoms with Crippen LogP contribution in [0.3, 0.4) is 0 Å². The molecule has 1 aliphatic rings. The third kappa shape index (κ3) is 4.33. The third-order valence-corrected chi connectivity index (χ3v) is 3.51. The summed E-state index contributed by atoms with van der Waals surface area (Å²) in [6.07, 6.45) is 1.52. The molecule has 1 unspecified atom stereocenters. The molecule has 19 heavy (non-hydrogen) atoms. The molecule has 104 valence electrons. The lowest BCUT2D eigenvalue weighted by atomic mass is 10.2. The van der Waals surface area contributed by atoms with Crippen molar-refractivity contribution >= 4 is 5.91 Å². The van der Waals surface area contributed by atoms with Crippen LogP contribution in [0.15, 0.2) is 30.3 Å². The topological polar surface area (TPSA) is 49.6 Å². The summed E-state index contributed by atoms with van der Waals surface area (Å²) in [6.45, 7) is 3.50. The van der Waals surface area contributed by atoms with Gasteiger partial charge in [-0.1, -0.05) is 30.3 Å². The average molecular weight is 261 g/mol. The van der Waals surface area contributed by atoms with Crippen LogP contribution in [-0.2, 0) is 11.3 Å². The van der Waals surface area contributed by atoms with Crippen LogP contribution in [-0.4, -0.2) is 48.4 Å². The van der Waals surface area contributed by atoms with Crippen molar-refractivity contribution in [1.82, 2.24) is 9.80 Å². The molecule has 4 heteroatoms. The minimum absolute atomic E-state index is 0.0366. The summed E-state index contributed by atoms with van der Waals surface area (Å²) < 4.78 is 0. The van der Waals surface area contributed by atoms with Crippen LogP contribution in [0, 0.1) is 0 Å². The summed E-state index contributed by atoms with van der Waals surface area (Å²) in [7, 11) is 2.12. The van der Waals surface area contributed by atoms with E-state index >= 15 is 0 Å². The first kappa shape index (κ1) is 14.0. The van der Waals surface area contributed by atoms with Crippen molar-refractivity contribution in [3.8, 4) is 0 Å². The first-order valence-electron chi connectivity index (χ1n) is 6.91. The van der Waals surface area contributed by atoms with E-state index in [2.05, 4.69) is 36.2 Å². The van der Waals surface area contributed by atoms with Crippen molar-refractivity contribution in [1.29, 1.82) is 0 Å². The Kier molecular flexibility index (Phi) is 4.93. The summed E-state index contributed by atoms with van der Waals surface area (Å²) in [4.78, 5) is 15.8. The largest absolute Gasteiger partial charge is 0.341 e. The number of carbonyl (C=O) groups is 1. The molecular formula is C15H23N3O. The molecule has 1 amide bonds. The second-order valence-corrected chi connectivity index (χ2v) is 5.38. The Balaban J connectivity index is 1.67. The SMILES string of the molecule is CN(CCCN1CC(N)CC1=O)Cc1ccccc1. The third-order valence-electron chi connectivity index (χ3n) is 3.51. The molecular weight excluding hydrogens is 238 g/mol. The Morgan fingerprint density at radius 2 is 2.11 bits per heavy atom. The Morgan fingerprint density at radius 1 is 1.37 bits per heavy atom. The van der Waals surface area contributed by atoms with Gasteiger partial charge in [0.15, 0.2) is 0 Å². The fraction of sp³-hybridized carbons (Fsp3) is 0.533. The first-order valence-corrected chi connectivity index (χ1v) is 6.91. The lowest BCUT2D eigenvalue weighted by Gasteiger charge is -2.20. The molecule has 0 aliphatic carbocycles. The van der Waals surface area contributed by atoms with Gasteiger partial charge in [0.1, 0.15) is 0 Å². The van der Waals surface area contributed by atoms with Crippen molar-refractivity contribution in [2.24, 2.45) is 5.73 Å². The molecule has 1 aromatic rings. The van der Waals surface area contributed by atoms with Crippen LogP contribution in [0.25, 0.3) is 0 Å². The zero-order chi connectivity index (χ0) is 13.7. The van der Waals surface area contributed by atoms with Gasteiger partial charge >= 0.3 is 0 Å². The van der Waals surface area contributed by atoms with Crippen LogP contribution in [0.5, 0.6) is 0 Å². The minimum atomic E-state index is 0.0366. The number of nitrogens with two attached hydrogens (primary N) is 1. The molecule has 1 aromatic carbocycles. The summed E-state index contributed by atoms with van der Waals surface area (Å²) >= 11 is 0. The number of hydrogen-bond acceptors (Lipinski definition) is 3. The molecule has 0 radical (unpaired) electrons. The van der Waals surface area contributed by atoms with Gasteiger partial charge in [0, 0.05) is 32.1 Å². The fourth-order valence-corrected chi connectivity index (χ4v) is 2.52. The van der Waals surface area contributed by atoms with Crippen LogP contribution in [0.2, 0.25) is 0 Å². The molecule has 0 saturated carbocycles. The molecule has 1 fully saturated rings. The molecule has 0 bridgehead atoms. The number of hydrogen-bond donors (Lipinski definition) is 1. The summed E-state index contributed by atoms with van der Waals surface area (Å²) in [6, 6.07) is 10.5. The van der Waals surface area contributed by atoms with E-state index in [4.69, 9.17) is 5.73 Å². The zero-order valence-electron chi connectivity index (χ0n) is 11.6. The van der Waals surface area contributed by atoms with E-state index in [-0.39, 0.29) is 11.9 Å². The van der Waals surface area contributed by atoms with Crippen molar-refractivity contribution in [3.05, 3.63) is 35.9 Å². The molecule has 1 saturated heterocycles. The van der Waals surface area contributed by atoms with Crippen LogP contribution >= 0.6 is 0 Å². The van der Waals surface area contributed by atoms with Gasteiger partial charge in [-0.15, -0.1) is 0 Å². The van der Waals surface area contributed by atoms with E-state index in [9.17, 15) is 4.79 Å². The highest BCUT2D eigenvalue weighted by atomic mass is 16.2. The number of amides is 1. The predicted octanol–water partition coefficient (Wildman–Crippen LogP) is 1.07. The van der Waals surface area contributed by atoms with E-state index in [1.165, 1.54) is 5.56 Å². The van der Waals surface area contributed by atoms with Gasteiger partial charge in [-0.25, -0.2) is 0 Å². The predicted molar refractivity (Wildman–Crippen MR) is 76.6 cm³/mol. The van der Waals surface area contributed by atoms with Crippen molar-refractivity contribution < 1.29 is 4.79 Å². The van der Waals surface area contributed by atoms with Gasteiger partial charge in [0.25, 0.3) is 0 Å². The van der Waals surface area contributed by atoms with Crippen molar-refractivity contribution in [3.63, 3.8) is 0 Å². The molecule has 1 heterocycles. The Morgan fingerprint density at radius 3 is 2.74 bits per heavy atom. The Labute approximate surface area is 115 Å². The van der Waals surface area contributed by atoms with Gasteiger partial charge in [-0.3, -0.25) is 4.79 Å². The van der Waals surface area contributed by atoms with E-state index in [1.807, 2.05) is 11.0 Å². The second kappa shape index (κ2) is 6.68. The summed E-state index contributed by atoms with van der Waals surface area (Å²) in [5.41, 5.74) is 7.10. The highest BCUT2D eigenvalue weighted by molar-refractivity contribution is 5.79. The highest BCUT2D eigenvalue weighted by Gasteiger charge is 2.25. The first-order chi connectivity index (χ1) is 9.15. The van der Waals surface area contributed by atoms with Crippen LogP contribution in [0.1, 0.15) is 18.4 Å². The summed E-state index contributed by atoms with van der Waals surface area (Å²) in [5, 5.41) is 0. The molecule has 1 aliphatic heterocycles. The average Bonchev–Trinajstić information content (AvgIpc) is 2.69. The normalized spacial score (nSPS) is 19.4. The number of rotatable bonds is 6. The standard InChI is InChI=1S/C15H23N3O/c1-17(11-13-6-3-2-4-7-13)8-5-9-18-12-14(16)10-15(18)19/h2-4,6-7,14H,5,8-12,16H2,1H3. The van der Waals surface area contributed by atoms with Gasteiger partial charge < -0.3 is 15.5 Å². The fourth-order valence-electron chi connectivity index (χ4n) is 2.52. The number of carbonyl (C=O) groups excluding carboxylic acids is 1. The van der Waals surface area contributed by atoms with E-state index in [0.717, 1.165) is 32.6 Å². The second-order valence-electron chi connectivity index (χ2n) is 5.38. The Hall–Kier alpha value is -1.39. The molecule has 4 nitrogen and oxygen atoms in total. The van der Waals surface area contributed by atoms with E-state index in [0.29, 0.717) is 6.42 Å². The van der Waals surface area contributed by atoms with Crippen LogP contribution in [0.4, 0.5) is 0 Å². The maximum absolute atomic E-state index is 11.6. The minimum Gasteiger partial charge on any atom is -0.341 e. The zero-order valence-corrected chi connectivity index (χ0v) is 11.6. The quantitative estimate of drug-likeness (QED) is 0.833. The van der Waals surface area contributed by atoms with E-state index < -0.39 is 0 Å². The monoisotopic (exact) mass is 261 g/mol. The maximum Gasteiger partial charge on any atom is 0.224 e. The lowest BCUT2D eigenvalue weighted by molar-refractivity contribution is -0.127. The Bertz CT molecular complexity index is 407. The van der Waals surface area contributed by atoms with Gasteiger partial charge in [0.05, 0.1) is 0 Å². The van der Waals surface area contributed by atoms with Gasteiger partial charge in [0.2, 0.25) is 5.91 Å². The van der Waals surface area contributed by atoms with E-state index in [1.54, 1.807) is 0 Å². The van der Waals surface area contributed by atoms with Crippen LogP contribution < -0.4 is 5.73 Å². The number of nitrogens with zero attached hydrogens (tertiary/aromatic N) is 2. The molecule has 1 atom stereocenters. The van der Waals surface area contributed by atoms with Crippen molar-refractivity contribution in [2.75, 3.05) is 26.7 Å². The molecule has 2 rings (SSSR count). The van der Waals surface area contributed by atoms with Gasteiger partial charge in [-0.05, 0) is 25.6 Å². The summed E-state index contributed by atoms with van der Waals surface area (Å²) in [5.74, 6) is 0.207. The highest BCUT2D eigenvalue weighted by Crippen LogP contribution is 2.10.